The van der Waals surface area contributed by atoms with Crippen LogP contribution in [-0.4, -0.2) is 23.2 Å². The Morgan fingerprint density at radius 3 is 2.38 bits per heavy atom. The molecule has 1 aliphatic rings. The molecule has 1 unspecified atom stereocenters. The Labute approximate surface area is 167 Å². The summed E-state index contributed by atoms with van der Waals surface area (Å²) in [6.07, 6.45) is 1.41. The van der Waals surface area contributed by atoms with Gasteiger partial charge in [0.25, 0.3) is 5.91 Å². The van der Waals surface area contributed by atoms with Crippen LogP contribution in [0, 0.1) is 5.92 Å². The van der Waals surface area contributed by atoms with Crippen molar-refractivity contribution in [3.63, 3.8) is 0 Å². The standard InChI is InChI=1S/C22H18N4O3/c1-15(23-24-21(27)18-13-8-14-29-18)19-20(16-9-4-2-5-10-16)25-26(22(19)28)17-11-6-3-7-12-17/h2-14,19H,1H3,(H,24,27)/b23-15+. The fourth-order valence-corrected chi connectivity index (χ4v) is 3.08. The highest BCUT2D eigenvalue weighted by atomic mass is 16.3. The molecule has 1 atom stereocenters. The Kier molecular flexibility index (Phi) is 5.03. The van der Waals surface area contributed by atoms with E-state index < -0.39 is 11.8 Å². The predicted molar refractivity (Wildman–Crippen MR) is 110 cm³/mol. The molecule has 1 N–H and O–H groups in total. The molecule has 0 spiro atoms. The highest BCUT2D eigenvalue weighted by Crippen LogP contribution is 2.27. The van der Waals surface area contributed by atoms with Crippen molar-refractivity contribution in [2.24, 2.45) is 16.1 Å². The summed E-state index contributed by atoms with van der Waals surface area (Å²) >= 11 is 0. The molecule has 0 saturated carbocycles. The molecule has 2 aromatic carbocycles. The van der Waals surface area contributed by atoms with Gasteiger partial charge in [-0.2, -0.15) is 15.2 Å². The van der Waals surface area contributed by atoms with Crippen LogP contribution in [0.1, 0.15) is 23.0 Å². The van der Waals surface area contributed by atoms with Crippen molar-refractivity contribution >= 4 is 28.9 Å². The number of hydrogen-bond acceptors (Lipinski definition) is 5. The summed E-state index contributed by atoms with van der Waals surface area (Å²) in [6, 6.07) is 21.8. The lowest BCUT2D eigenvalue weighted by atomic mass is 9.93. The second kappa shape index (κ2) is 7.93. The molecule has 0 fully saturated rings. The van der Waals surface area contributed by atoms with Crippen molar-refractivity contribution in [2.75, 3.05) is 5.01 Å². The van der Waals surface area contributed by atoms with Gasteiger partial charge in [0.15, 0.2) is 5.76 Å². The number of amides is 2. The number of para-hydroxylation sites is 1. The van der Waals surface area contributed by atoms with Crippen molar-refractivity contribution in [3.05, 3.63) is 90.4 Å². The number of anilines is 1. The number of rotatable bonds is 5. The van der Waals surface area contributed by atoms with E-state index in [4.69, 9.17) is 4.42 Å². The van der Waals surface area contributed by atoms with Crippen LogP contribution in [0.15, 0.2) is 93.7 Å². The van der Waals surface area contributed by atoms with Crippen LogP contribution in [0.3, 0.4) is 0 Å². The van der Waals surface area contributed by atoms with Crippen molar-refractivity contribution in [3.8, 4) is 0 Å². The van der Waals surface area contributed by atoms with E-state index in [-0.39, 0.29) is 11.7 Å². The third kappa shape index (κ3) is 3.70. The molecular formula is C22H18N4O3. The SMILES string of the molecule is C/C(=N\NC(=O)c1ccco1)C1C(=O)N(c2ccccc2)N=C1c1ccccc1. The van der Waals surface area contributed by atoms with Gasteiger partial charge < -0.3 is 4.42 Å². The van der Waals surface area contributed by atoms with Crippen molar-refractivity contribution in [1.29, 1.82) is 0 Å². The molecule has 7 nitrogen and oxygen atoms in total. The molecule has 0 radical (unpaired) electrons. The second-order valence-electron chi connectivity index (χ2n) is 6.44. The number of carbonyl (C=O) groups excluding carboxylic acids is 2. The van der Waals surface area contributed by atoms with Gasteiger partial charge in [0.1, 0.15) is 5.92 Å². The van der Waals surface area contributed by atoms with Gasteiger partial charge in [-0.1, -0.05) is 48.5 Å². The van der Waals surface area contributed by atoms with Gasteiger partial charge in [-0.05, 0) is 36.8 Å². The molecule has 3 aromatic rings. The van der Waals surface area contributed by atoms with Crippen molar-refractivity contribution in [2.45, 2.75) is 6.92 Å². The zero-order valence-electron chi connectivity index (χ0n) is 15.6. The topological polar surface area (TPSA) is 87.3 Å². The van der Waals surface area contributed by atoms with Crippen LogP contribution in [-0.2, 0) is 4.79 Å². The molecule has 4 rings (SSSR count). The first-order valence-corrected chi connectivity index (χ1v) is 9.06. The van der Waals surface area contributed by atoms with E-state index in [9.17, 15) is 9.59 Å². The minimum atomic E-state index is -0.713. The lowest BCUT2D eigenvalue weighted by Crippen LogP contribution is -2.34. The fraction of sp³-hybridized carbons (Fsp3) is 0.0909. The Morgan fingerprint density at radius 1 is 1.03 bits per heavy atom. The van der Waals surface area contributed by atoms with Crippen LogP contribution in [0.5, 0.6) is 0 Å². The van der Waals surface area contributed by atoms with E-state index in [0.29, 0.717) is 17.1 Å². The molecule has 7 heteroatoms. The van der Waals surface area contributed by atoms with Gasteiger partial charge in [0.2, 0.25) is 0 Å². The van der Waals surface area contributed by atoms with Crippen LogP contribution in [0.25, 0.3) is 0 Å². The molecule has 0 bridgehead atoms. The first kappa shape index (κ1) is 18.4. The average Bonchev–Trinajstić information content (AvgIpc) is 3.41. The molecule has 0 saturated heterocycles. The molecular weight excluding hydrogens is 368 g/mol. The average molecular weight is 386 g/mol. The fourth-order valence-electron chi connectivity index (χ4n) is 3.08. The first-order chi connectivity index (χ1) is 14.1. The summed E-state index contributed by atoms with van der Waals surface area (Å²) in [5.41, 5.74) is 4.93. The number of carbonyl (C=O) groups is 2. The van der Waals surface area contributed by atoms with Gasteiger partial charge in [0.05, 0.1) is 23.4 Å². The molecule has 144 valence electrons. The number of hydrazone groups is 2. The minimum Gasteiger partial charge on any atom is -0.459 e. The van der Waals surface area contributed by atoms with E-state index in [0.717, 1.165) is 5.56 Å². The summed E-state index contributed by atoms with van der Waals surface area (Å²) in [6.45, 7) is 1.69. The van der Waals surface area contributed by atoms with Crippen LogP contribution in [0.4, 0.5) is 5.69 Å². The van der Waals surface area contributed by atoms with Crippen LogP contribution >= 0.6 is 0 Å². The molecule has 0 aliphatic carbocycles. The van der Waals surface area contributed by atoms with Gasteiger partial charge in [-0.15, -0.1) is 0 Å². The van der Waals surface area contributed by atoms with E-state index in [2.05, 4.69) is 15.6 Å². The first-order valence-electron chi connectivity index (χ1n) is 9.06. The maximum Gasteiger partial charge on any atom is 0.307 e. The Bertz CT molecular complexity index is 1070. The summed E-state index contributed by atoms with van der Waals surface area (Å²) in [4.78, 5) is 25.3. The summed E-state index contributed by atoms with van der Waals surface area (Å²) in [5.74, 6) is -1.29. The van der Waals surface area contributed by atoms with Gasteiger partial charge in [-0.3, -0.25) is 9.59 Å². The molecule has 2 amide bonds. The van der Waals surface area contributed by atoms with Gasteiger partial charge in [0, 0.05) is 0 Å². The predicted octanol–water partition coefficient (Wildman–Crippen LogP) is 3.45. The normalized spacial score (nSPS) is 16.7. The number of nitrogens with zero attached hydrogens (tertiary/aromatic N) is 3. The Hall–Kier alpha value is -4.00. The third-order valence-electron chi connectivity index (χ3n) is 4.50. The lowest BCUT2D eigenvalue weighted by molar-refractivity contribution is -0.118. The third-order valence-corrected chi connectivity index (χ3v) is 4.50. The summed E-state index contributed by atoms with van der Waals surface area (Å²) in [5, 5.41) is 10.1. The molecule has 29 heavy (non-hydrogen) atoms. The quantitative estimate of drug-likeness (QED) is 0.538. The Balaban J connectivity index is 1.66. The van der Waals surface area contributed by atoms with E-state index in [1.54, 1.807) is 13.0 Å². The highest BCUT2D eigenvalue weighted by Gasteiger charge is 2.39. The maximum absolute atomic E-state index is 13.2. The van der Waals surface area contributed by atoms with Crippen LogP contribution < -0.4 is 10.4 Å². The molecule has 2 heterocycles. The zero-order chi connectivity index (χ0) is 20.2. The molecule has 1 aliphatic heterocycles. The smallest absolute Gasteiger partial charge is 0.307 e. The monoisotopic (exact) mass is 386 g/mol. The van der Waals surface area contributed by atoms with Gasteiger partial charge in [-0.25, -0.2) is 5.43 Å². The zero-order valence-corrected chi connectivity index (χ0v) is 15.6. The van der Waals surface area contributed by atoms with E-state index in [1.165, 1.54) is 17.3 Å². The van der Waals surface area contributed by atoms with Crippen molar-refractivity contribution < 1.29 is 14.0 Å². The lowest BCUT2D eigenvalue weighted by Gasteiger charge is -2.14. The maximum atomic E-state index is 13.2. The highest BCUT2D eigenvalue weighted by molar-refractivity contribution is 6.32. The van der Waals surface area contributed by atoms with E-state index in [1.807, 2.05) is 60.7 Å². The number of hydrogen-bond donors (Lipinski definition) is 1. The number of benzene rings is 2. The summed E-state index contributed by atoms with van der Waals surface area (Å²) < 4.78 is 5.06. The summed E-state index contributed by atoms with van der Waals surface area (Å²) in [7, 11) is 0. The Morgan fingerprint density at radius 2 is 1.72 bits per heavy atom. The minimum absolute atomic E-state index is 0.141. The van der Waals surface area contributed by atoms with Gasteiger partial charge >= 0.3 is 5.91 Å². The largest absolute Gasteiger partial charge is 0.459 e. The number of nitrogens with one attached hydrogen (secondary N) is 1. The van der Waals surface area contributed by atoms with E-state index >= 15 is 0 Å². The molecule has 1 aromatic heterocycles. The number of furan rings is 1. The second-order valence-corrected chi connectivity index (χ2v) is 6.44. The van der Waals surface area contributed by atoms with Crippen molar-refractivity contribution in [1.82, 2.24) is 5.43 Å². The van der Waals surface area contributed by atoms with Crippen LogP contribution in [0.2, 0.25) is 0 Å².